The van der Waals surface area contributed by atoms with Gasteiger partial charge in [0.25, 0.3) is 0 Å². The molecule has 2 fully saturated rings. The molecule has 172 valence electrons. The molecular weight excluding hydrogens is 466 g/mol. The zero-order chi connectivity index (χ0) is 24.2. The first-order valence-electron chi connectivity index (χ1n) is 9.58. The van der Waals surface area contributed by atoms with Crippen molar-refractivity contribution in [3.8, 4) is 17.9 Å². The van der Waals surface area contributed by atoms with Crippen LogP contribution in [0.5, 0.6) is 5.75 Å². The quantitative estimate of drug-likeness (QED) is 0.491. The van der Waals surface area contributed by atoms with Crippen molar-refractivity contribution in [1.82, 2.24) is 4.31 Å². The topological polar surface area (TPSA) is 107 Å². The molecule has 2 aromatic rings. The maximum absolute atomic E-state index is 13.9. The van der Waals surface area contributed by atoms with E-state index in [1.165, 1.54) is 18.2 Å². The SMILES string of the molecule is C[C@@H]1O[C@]12CN(S(=O)(=O)c1ccc(C(F)(F)F)cc1C#N)C[C@@H]2Oc1ccc(C#N)c(F)c1. The highest BCUT2D eigenvalue weighted by Crippen LogP contribution is 2.47. The van der Waals surface area contributed by atoms with Crippen molar-refractivity contribution in [2.45, 2.75) is 35.8 Å². The summed E-state index contributed by atoms with van der Waals surface area (Å²) in [6, 6.07) is 8.63. The number of alkyl halides is 3. The second-order valence-corrected chi connectivity index (χ2v) is 9.60. The van der Waals surface area contributed by atoms with E-state index in [2.05, 4.69) is 0 Å². The number of nitriles is 2. The van der Waals surface area contributed by atoms with E-state index in [-0.39, 0.29) is 24.4 Å². The van der Waals surface area contributed by atoms with Crippen LogP contribution < -0.4 is 4.74 Å². The van der Waals surface area contributed by atoms with Crippen molar-refractivity contribution in [1.29, 1.82) is 10.5 Å². The minimum Gasteiger partial charge on any atom is -0.486 e. The molecule has 0 amide bonds. The van der Waals surface area contributed by atoms with Gasteiger partial charge in [-0.05, 0) is 37.3 Å². The Morgan fingerprint density at radius 1 is 1.15 bits per heavy atom. The molecule has 0 unspecified atom stereocenters. The average molecular weight is 481 g/mol. The second-order valence-electron chi connectivity index (χ2n) is 7.69. The highest BCUT2D eigenvalue weighted by molar-refractivity contribution is 7.89. The molecule has 0 radical (unpaired) electrons. The lowest BCUT2D eigenvalue weighted by Crippen LogP contribution is -2.35. The second kappa shape index (κ2) is 7.70. The summed E-state index contributed by atoms with van der Waals surface area (Å²) in [5, 5.41) is 18.1. The predicted molar refractivity (Wildman–Crippen MR) is 104 cm³/mol. The van der Waals surface area contributed by atoms with Crippen LogP contribution in [-0.2, 0) is 20.9 Å². The molecule has 4 rings (SSSR count). The Labute approximate surface area is 186 Å². The molecule has 0 bridgehead atoms. The Kier molecular flexibility index (Phi) is 5.36. The van der Waals surface area contributed by atoms with Gasteiger partial charge in [0.15, 0.2) is 0 Å². The minimum atomic E-state index is -4.74. The fraction of sp³-hybridized carbons (Fsp3) is 0.333. The van der Waals surface area contributed by atoms with E-state index in [1.807, 2.05) is 0 Å². The first-order valence-corrected chi connectivity index (χ1v) is 11.0. The smallest absolute Gasteiger partial charge is 0.416 e. The summed E-state index contributed by atoms with van der Waals surface area (Å²) in [6.45, 7) is 1.30. The van der Waals surface area contributed by atoms with E-state index in [4.69, 9.17) is 14.7 Å². The van der Waals surface area contributed by atoms with Crippen LogP contribution in [0.1, 0.15) is 23.6 Å². The number of halogens is 4. The molecule has 0 aliphatic carbocycles. The van der Waals surface area contributed by atoms with Crippen LogP contribution in [0.4, 0.5) is 17.6 Å². The molecule has 2 aromatic carbocycles. The van der Waals surface area contributed by atoms with Crippen molar-refractivity contribution >= 4 is 10.0 Å². The monoisotopic (exact) mass is 481 g/mol. The van der Waals surface area contributed by atoms with Crippen LogP contribution in [-0.4, -0.2) is 43.6 Å². The lowest BCUT2D eigenvalue weighted by Gasteiger charge is -2.18. The fourth-order valence-electron chi connectivity index (χ4n) is 3.88. The largest absolute Gasteiger partial charge is 0.486 e. The summed E-state index contributed by atoms with van der Waals surface area (Å²) in [5.74, 6) is -0.746. The third kappa shape index (κ3) is 3.91. The van der Waals surface area contributed by atoms with Crippen LogP contribution in [0.25, 0.3) is 0 Å². The number of nitrogens with zero attached hydrogens (tertiary/aromatic N) is 3. The van der Waals surface area contributed by atoms with Crippen molar-refractivity contribution in [2.75, 3.05) is 13.1 Å². The van der Waals surface area contributed by atoms with Gasteiger partial charge in [-0.1, -0.05) is 0 Å². The van der Waals surface area contributed by atoms with Crippen molar-refractivity contribution < 1.29 is 35.5 Å². The van der Waals surface area contributed by atoms with Gasteiger partial charge in [0.1, 0.15) is 35.4 Å². The maximum atomic E-state index is 13.9. The number of hydrogen-bond donors (Lipinski definition) is 0. The molecule has 12 heteroatoms. The molecular formula is C21H15F4N3O4S. The molecule has 0 N–H and O–H groups in total. The molecule has 2 aliphatic rings. The van der Waals surface area contributed by atoms with Gasteiger partial charge < -0.3 is 9.47 Å². The van der Waals surface area contributed by atoms with Gasteiger partial charge in [-0.25, -0.2) is 12.8 Å². The van der Waals surface area contributed by atoms with Gasteiger partial charge in [-0.15, -0.1) is 0 Å². The number of benzene rings is 2. The molecule has 3 atom stereocenters. The number of rotatable bonds is 4. The standard InChI is InChI=1S/C21H15F4N3O4S/c1-12-20(32-12)11-28(10-19(20)31-16-4-2-13(8-26)17(22)7-16)33(29,30)18-5-3-15(21(23,24)25)6-14(18)9-27/h2-7,12,19H,10-11H2,1H3/t12-,19-,20+/m0/s1. The van der Waals surface area contributed by atoms with Crippen LogP contribution in [0.15, 0.2) is 41.3 Å². The number of hydrogen-bond acceptors (Lipinski definition) is 6. The summed E-state index contributed by atoms with van der Waals surface area (Å²) in [6.07, 6.45) is -5.98. The Hall–Kier alpha value is -3.19. The zero-order valence-electron chi connectivity index (χ0n) is 16.9. The predicted octanol–water partition coefficient (Wildman–Crippen LogP) is 3.20. The van der Waals surface area contributed by atoms with Crippen LogP contribution in [0.2, 0.25) is 0 Å². The minimum absolute atomic E-state index is 0.0602. The third-order valence-corrected chi connectivity index (χ3v) is 7.62. The van der Waals surface area contributed by atoms with E-state index in [1.54, 1.807) is 13.0 Å². The van der Waals surface area contributed by atoms with Crippen LogP contribution in [0, 0.1) is 28.5 Å². The van der Waals surface area contributed by atoms with Crippen molar-refractivity contribution in [3.63, 3.8) is 0 Å². The van der Waals surface area contributed by atoms with Gasteiger partial charge in [-0.3, -0.25) is 0 Å². The van der Waals surface area contributed by atoms with Gasteiger partial charge >= 0.3 is 6.18 Å². The number of sulfonamides is 1. The Bertz CT molecular complexity index is 1320. The normalized spacial score (nSPS) is 24.9. The summed E-state index contributed by atoms with van der Waals surface area (Å²) >= 11 is 0. The molecule has 2 aliphatic heterocycles. The molecule has 1 spiro atoms. The Balaban J connectivity index is 1.64. The number of epoxide rings is 1. The van der Waals surface area contributed by atoms with Gasteiger partial charge in [0.2, 0.25) is 10.0 Å². The Morgan fingerprint density at radius 2 is 1.82 bits per heavy atom. The van der Waals surface area contributed by atoms with Crippen LogP contribution >= 0.6 is 0 Å². The van der Waals surface area contributed by atoms with E-state index in [0.717, 1.165) is 16.4 Å². The van der Waals surface area contributed by atoms with E-state index in [9.17, 15) is 31.2 Å². The van der Waals surface area contributed by atoms with Crippen molar-refractivity contribution in [3.05, 3.63) is 58.9 Å². The van der Waals surface area contributed by atoms with Gasteiger partial charge in [0.05, 0.1) is 34.2 Å². The molecule has 2 heterocycles. The third-order valence-electron chi connectivity index (χ3n) is 5.75. The van der Waals surface area contributed by atoms with E-state index >= 15 is 0 Å². The van der Waals surface area contributed by atoms with Crippen molar-refractivity contribution in [2.24, 2.45) is 0 Å². The van der Waals surface area contributed by atoms with E-state index in [0.29, 0.717) is 12.1 Å². The maximum Gasteiger partial charge on any atom is 0.416 e. The van der Waals surface area contributed by atoms with Crippen LogP contribution in [0.3, 0.4) is 0 Å². The average Bonchev–Trinajstić information content (AvgIpc) is 3.25. The highest BCUT2D eigenvalue weighted by atomic mass is 32.2. The lowest BCUT2D eigenvalue weighted by atomic mass is 10.0. The number of ether oxygens (including phenoxy) is 2. The molecule has 33 heavy (non-hydrogen) atoms. The highest BCUT2D eigenvalue weighted by Gasteiger charge is 2.66. The Morgan fingerprint density at radius 3 is 2.36 bits per heavy atom. The zero-order valence-corrected chi connectivity index (χ0v) is 17.7. The summed E-state index contributed by atoms with van der Waals surface area (Å²) < 4.78 is 91.7. The summed E-state index contributed by atoms with van der Waals surface area (Å²) in [4.78, 5) is -0.563. The summed E-state index contributed by atoms with van der Waals surface area (Å²) in [7, 11) is -4.38. The van der Waals surface area contributed by atoms with E-state index < -0.39 is 55.8 Å². The molecule has 7 nitrogen and oxygen atoms in total. The first-order chi connectivity index (χ1) is 15.4. The molecule has 2 saturated heterocycles. The lowest BCUT2D eigenvalue weighted by molar-refractivity contribution is -0.137. The van der Waals surface area contributed by atoms with Gasteiger partial charge in [0, 0.05) is 12.6 Å². The summed E-state index contributed by atoms with van der Waals surface area (Å²) in [5.41, 5.74) is -2.99. The molecule has 0 aromatic heterocycles. The first kappa shape index (κ1) is 23.0. The molecule has 0 saturated carbocycles. The van der Waals surface area contributed by atoms with Gasteiger partial charge in [-0.2, -0.15) is 28.0 Å². The fourth-order valence-corrected chi connectivity index (χ4v) is 5.49.